The molecule has 3 rings (SSSR count). The number of nitrogens with one attached hydrogen (secondary N) is 1. The number of rotatable bonds is 4. The Morgan fingerprint density at radius 2 is 2.17 bits per heavy atom. The summed E-state index contributed by atoms with van der Waals surface area (Å²) in [6, 6.07) is 2.01. The van der Waals surface area contributed by atoms with E-state index in [1.807, 2.05) is 13.0 Å². The van der Waals surface area contributed by atoms with Gasteiger partial charge in [-0.15, -0.1) is 11.3 Å². The van der Waals surface area contributed by atoms with Crippen molar-refractivity contribution >= 4 is 17.2 Å². The SMILES string of the molecule is Cc1cc(C(=O)NCC2(C3CC3)CCC2)c(C)s1. The molecule has 0 spiro atoms. The summed E-state index contributed by atoms with van der Waals surface area (Å²) in [5.74, 6) is 1.03. The van der Waals surface area contributed by atoms with E-state index in [4.69, 9.17) is 0 Å². The van der Waals surface area contributed by atoms with Gasteiger partial charge in [0.2, 0.25) is 0 Å². The molecule has 0 unspecified atom stereocenters. The average molecular weight is 263 g/mol. The molecule has 2 aliphatic carbocycles. The third-order valence-corrected chi connectivity index (χ3v) is 5.65. The maximum Gasteiger partial charge on any atom is 0.252 e. The van der Waals surface area contributed by atoms with Gasteiger partial charge in [-0.2, -0.15) is 0 Å². The number of carbonyl (C=O) groups is 1. The van der Waals surface area contributed by atoms with Crippen LogP contribution in [0.4, 0.5) is 0 Å². The van der Waals surface area contributed by atoms with Crippen LogP contribution >= 0.6 is 11.3 Å². The minimum Gasteiger partial charge on any atom is -0.351 e. The van der Waals surface area contributed by atoms with Crippen LogP contribution in [0.2, 0.25) is 0 Å². The van der Waals surface area contributed by atoms with Gasteiger partial charge in [0, 0.05) is 16.3 Å². The highest BCUT2D eigenvalue weighted by Gasteiger charge is 2.48. The van der Waals surface area contributed by atoms with Crippen molar-refractivity contribution in [1.29, 1.82) is 0 Å². The van der Waals surface area contributed by atoms with E-state index in [0.717, 1.165) is 22.9 Å². The number of hydrogen-bond donors (Lipinski definition) is 1. The Hall–Kier alpha value is -0.830. The summed E-state index contributed by atoms with van der Waals surface area (Å²) in [6.45, 7) is 4.99. The highest BCUT2D eigenvalue weighted by molar-refractivity contribution is 7.12. The van der Waals surface area contributed by atoms with Crippen molar-refractivity contribution in [2.45, 2.75) is 46.0 Å². The first-order chi connectivity index (χ1) is 8.61. The molecule has 0 atom stereocenters. The highest BCUT2D eigenvalue weighted by Crippen LogP contribution is 2.56. The summed E-state index contributed by atoms with van der Waals surface area (Å²) in [5.41, 5.74) is 1.34. The first-order valence-corrected chi connectivity index (χ1v) is 7.78. The third-order valence-electron chi connectivity index (χ3n) is 4.68. The molecule has 0 bridgehead atoms. The number of aryl methyl sites for hydroxylation is 2. The van der Waals surface area contributed by atoms with Crippen LogP contribution in [0.3, 0.4) is 0 Å². The molecule has 1 aromatic rings. The lowest BCUT2D eigenvalue weighted by Crippen LogP contribution is -2.43. The van der Waals surface area contributed by atoms with Gasteiger partial charge in [0.15, 0.2) is 0 Å². The lowest BCUT2D eigenvalue weighted by atomic mass is 9.65. The first kappa shape index (κ1) is 12.2. The molecule has 2 saturated carbocycles. The molecule has 1 N–H and O–H groups in total. The van der Waals surface area contributed by atoms with Gasteiger partial charge in [-0.1, -0.05) is 6.42 Å². The Bertz CT molecular complexity index is 469. The molecule has 1 amide bonds. The summed E-state index contributed by atoms with van der Waals surface area (Å²) in [5, 5.41) is 3.18. The van der Waals surface area contributed by atoms with Crippen LogP contribution in [-0.4, -0.2) is 12.5 Å². The molecule has 1 aromatic heterocycles. The van der Waals surface area contributed by atoms with E-state index in [2.05, 4.69) is 12.2 Å². The highest BCUT2D eigenvalue weighted by atomic mass is 32.1. The molecular weight excluding hydrogens is 242 g/mol. The molecule has 98 valence electrons. The quantitative estimate of drug-likeness (QED) is 0.882. The summed E-state index contributed by atoms with van der Waals surface area (Å²) >= 11 is 1.71. The second-order valence-corrected chi connectivity index (χ2v) is 7.46. The van der Waals surface area contributed by atoms with Crippen LogP contribution in [0.1, 0.15) is 52.2 Å². The number of hydrogen-bond acceptors (Lipinski definition) is 2. The summed E-state index contributed by atoms with van der Waals surface area (Å²) < 4.78 is 0. The topological polar surface area (TPSA) is 29.1 Å². The number of amides is 1. The van der Waals surface area contributed by atoms with E-state index < -0.39 is 0 Å². The molecule has 18 heavy (non-hydrogen) atoms. The zero-order valence-electron chi connectivity index (χ0n) is 11.2. The number of carbonyl (C=O) groups excluding carboxylic acids is 1. The lowest BCUT2D eigenvalue weighted by molar-refractivity contribution is 0.0781. The van der Waals surface area contributed by atoms with Crippen LogP contribution < -0.4 is 5.32 Å². The van der Waals surface area contributed by atoms with Crippen LogP contribution in [0, 0.1) is 25.2 Å². The Morgan fingerprint density at radius 1 is 1.44 bits per heavy atom. The first-order valence-electron chi connectivity index (χ1n) is 6.96. The smallest absolute Gasteiger partial charge is 0.252 e. The Balaban J connectivity index is 1.63. The Kier molecular flexibility index (Phi) is 2.97. The second-order valence-electron chi connectivity index (χ2n) is 6.00. The molecule has 0 aromatic carbocycles. The Morgan fingerprint density at radius 3 is 2.61 bits per heavy atom. The maximum atomic E-state index is 12.2. The monoisotopic (exact) mass is 263 g/mol. The van der Waals surface area contributed by atoms with E-state index >= 15 is 0 Å². The van der Waals surface area contributed by atoms with Crippen LogP contribution in [-0.2, 0) is 0 Å². The molecule has 0 saturated heterocycles. The van der Waals surface area contributed by atoms with Gasteiger partial charge >= 0.3 is 0 Å². The molecule has 0 aliphatic heterocycles. The minimum absolute atomic E-state index is 0.128. The van der Waals surface area contributed by atoms with Crippen molar-refractivity contribution in [3.63, 3.8) is 0 Å². The van der Waals surface area contributed by atoms with Crippen molar-refractivity contribution in [1.82, 2.24) is 5.32 Å². The lowest BCUT2D eigenvalue weighted by Gasteiger charge is -2.42. The van der Waals surface area contributed by atoms with Gasteiger partial charge < -0.3 is 5.32 Å². The molecule has 2 fully saturated rings. The predicted octanol–water partition coefficient (Wildman–Crippen LogP) is 3.68. The Labute approximate surface area is 113 Å². The molecule has 2 nitrogen and oxygen atoms in total. The van der Waals surface area contributed by atoms with Crippen LogP contribution in [0.25, 0.3) is 0 Å². The zero-order valence-corrected chi connectivity index (χ0v) is 12.0. The van der Waals surface area contributed by atoms with Gasteiger partial charge in [-0.3, -0.25) is 4.79 Å². The fourth-order valence-electron chi connectivity index (χ4n) is 3.26. The predicted molar refractivity (Wildman–Crippen MR) is 75.1 cm³/mol. The van der Waals surface area contributed by atoms with Gasteiger partial charge in [-0.25, -0.2) is 0 Å². The molecule has 1 heterocycles. The van der Waals surface area contributed by atoms with E-state index in [1.54, 1.807) is 11.3 Å². The molecule has 0 radical (unpaired) electrons. The normalized spacial score (nSPS) is 21.4. The van der Waals surface area contributed by atoms with Gasteiger partial charge in [0.05, 0.1) is 5.56 Å². The van der Waals surface area contributed by atoms with Gasteiger partial charge in [0.25, 0.3) is 5.91 Å². The van der Waals surface area contributed by atoms with Crippen molar-refractivity contribution in [2.24, 2.45) is 11.3 Å². The average Bonchev–Trinajstić information content (AvgIpc) is 3.03. The van der Waals surface area contributed by atoms with E-state index in [9.17, 15) is 4.79 Å². The molecule has 2 aliphatic rings. The summed E-state index contributed by atoms with van der Waals surface area (Å²) in [6.07, 6.45) is 6.75. The molecular formula is C15H21NOS. The van der Waals surface area contributed by atoms with Crippen molar-refractivity contribution in [3.05, 3.63) is 21.4 Å². The van der Waals surface area contributed by atoms with Crippen LogP contribution in [0.15, 0.2) is 6.07 Å². The summed E-state index contributed by atoms with van der Waals surface area (Å²) in [4.78, 5) is 14.6. The standard InChI is InChI=1S/C15H21NOS/c1-10-8-13(11(2)18-10)14(17)16-9-15(6-3-7-15)12-4-5-12/h8,12H,3-7,9H2,1-2H3,(H,16,17). The van der Waals surface area contributed by atoms with Crippen molar-refractivity contribution in [3.8, 4) is 0 Å². The van der Waals surface area contributed by atoms with Gasteiger partial charge in [0.1, 0.15) is 0 Å². The fourth-order valence-corrected chi connectivity index (χ4v) is 4.19. The second kappa shape index (κ2) is 4.37. The number of thiophene rings is 1. The minimum atomic E-state index is 0.128. The molecule has 3 heteroatoms. The fraction of sp³-hybridized carbons (Fsp3) is 0.667. The summed E-state index contributed by atoms with van der Waals surface area (Å²) in [7, 11) is 0. The van der Waals surface area contributed by atoms with E-state index in [-0.39, 0.29) is 5.91 Å². The third kappa shape index (κ3) is 2.09. The van der Waals surface area contributed by atoms with Gasteiger partial charge in [-0.05, 0) is 56.9 Å². The van der Waals surface area contributed by atoms with E-state index in [0.29, 0.717) is 5.41 Å². The maximum absolute atomic E-state index is 12.2. The van der Waals surface area contributed by atoms with E-state index in [1.165, 1.54) is 37.0 Å². The van der Waals surface area contributed by atoms with Crippen molar-refractivity contribution in [2.75, 3.05) is 6.54 Å². The van der Waals surface area contributed by atoms with Crippen LogP contribution in [0.5, 0.6) is 0 Å². The van der Waals surface area contributed by atoms with Crippen molar-refractivity contribution < 1.29 is 4.79 Å². The largest absolute Gasteiger partial charge is 0.351 e. The zero-order chi connectivity index (χ0) is 12.8.